The van der Waals surface area contributed by atoms with E-state index in [1.165, 1.54) is 29.0 Å². The highest BCUT2D eigenvalue weighted by atomic mass is 32.1. The first-order valence-electron chi connectivity index (χ1n) is 5.28. The molecular formula is C11H10N4O3S. The van der Waals surface area contributed by atoms with E-state index in [1.54, 1.807) is 12.1 Å². The van der Waals surface area contributed by atoms with Crippen LogP contribution in [0.5, 0.6) is 0 Å². The molecule has 0 unspecified atom stereocenters. The lowest BCUT2D eigenvalue weighted by atomic mass is 10.1. The van der Waals surface area contributed by atoms with Crippen molar-refractivity contribution < 1.29 is 14.7 Å². The molecule has 1 aromatic heterocycles. The SMILES string of the molecule is O=C(NCc1cccc(C(=O)O)c1)Nc1nncs1. The summed E-state index contributed by atoms with van der Waals surface area (Å²) < 4.78 is 0. The maximum Gasteiger partial charge on any atom is 0.335 e. The Kier molecular flexibility index (Phi) is 4.04. The second-order valence-electron chi connectivity index (χ2n) is 3.56. The molecule has 0 aliphatic carbocycles. The van der Waals surface area contributed by atoms with Gasteiger partial charge < -0.3 is 10.4 Å². The smallest absolute Gasteiger partial charge is 0.335 e. The lowest BCUT2D eigenvalue weighted by molar-refractivity contribution is 0.0696. The number of anilines is 1. The van der Waals surface area contributed by atoms with Gasteiger partial charge in [-0.15, -0.1) is 10.2 Å². The molecule has 0 radical (unpaired) electrons. The Morgan fingerprint density at radius 2 is 2.21 bits per heavy atom. The van der Waals surface area contributed by atoms with Crippen LogP contribution in [-0.4, -0.2) is 27.3 Å². The number of carbonyl (C=O) groups is 2. The standard InChI is InChI=1S/C11H10N4O3S/c16-9(17)8-3-1-2-7(4-8)5-12-10(18)14-11-15-13-6-19-11/h1-4,6H,5H2,(H,16,17)(H2,12,14,15,18). The van der Waals surface area contributed by atoms with Crippen molar-refractivity contribution in [1.29, 1.82) is 0 Å². The molecule has 0 saturated heterocycles. The number of aromatic carboxylic acids is 1. The molecular weight excluding hydrogens is 268 g/mol. The van der Waals surface area contributed by atoms with Crippen LogP contribution in [0.3, 0.4) is 0 Å². The molecule has 0 spiro atoms. The number of amides is 2. The van der Waals surface area contributed by atoms with E-state index in [-0.39, 0.29) is 12.1 Å². The fraction of sp³-hybridized carbons (Fsp3) is 0.0909. The van der Waals surface area contributed by atoms with Gasteiger partial charge in [-0.3, -0.25) is 5.32 Å². The minimum absolute atomic E-state index is 0.184. The molecule has 2 rings (SSSR count). The third-order valence-corrected chi connectivity index (χ3v) is 2.81. The summed E-state index contributed by atoms with van der Waals surface area (Å²) in [7, 11) is 0. The van der Waals surface area contributed by atoms with Crippen LogP contribution in [0.4, 0.5) is 9.93 Å². The normalized spacial score (nSPS) is 9.89. The van der Waals surface area contributed by atoms with Crippen LogP contribution >= 0.6 is 11.3 Å². The number of nitrogens with zero attached hydrogens (tertiary/aromatic N) is 2. The minimum atomic E-state index is -1.000. The predicted molar refractivity (Wildman–Crippen MR) is 69.2 cm³/mol. The number of hydrogen-bond donors (Lipinski definition) is 3. The zero-order valence-electron chi connectivity index (χ0n) is 9.66. The van der Waals surface area contributed by atoms with E-state index in [4.69, 9.17) is 5.11 Å². The van der Waals surface area contributed by atoms with Gasteiger partial charge in [0.25, 0.3) is 0 Å². The fourth-order valence-electron chi connectivity index (χ4n) is 1.37. The first-order valence-corrected chi connectivity index (χ1v) is 6.16. The highest BCUT2D eigenvalue weighted by Crippen LogP contribution is 2.08. The molecule has 0 bridgehead atoms. The van der Waals surface area contributed by atoms with Gasteiger partial charge >= 0.3 is 12.0 Å². The van der Waals surface area contributed by atoms with E-state index in [1.807, 2.05) is 0 Å². The highest BCUT2D eigenvalue weighted by Gasteiger charge is 2.06. The molecule has 0 aliphatic rings. The van der Waals surface area contributed by atoms with Crippen molar-refractivity contribution in [3.63, 3.8) is 0 Å². The molecule has 19 heavy (non-hydrogen) atoms. The van der Waals surface area contributed by atoms with Gasteiger partial charge in [0, 0.05) is 6.54 Å². The second-order valence-corrected chi connectivity index (χ2v) is 4.39. The Bertz CT molecular complexity index is 585. The van der Waals surface area contributed by atoms with Gasteiger partial charge in [-0.2, -0.15) is 0 Å². The summed E-state index contributed by atoms with van der Waals surface area (Å²) in [6.07, 6.45) is 0. The number of carboxylic acids is 1. The predicted octanol–water partition coefficient (Wildman–Crippen LogP) is 1.56. The lowest BCUT2D eigenvalue weighted by Crippen LogP contribution is -2.28. The van der Waals surface area contributed by atoms with Gasteiger partial charge in [-0.05, 0) is 17.7 Å². The molecule has 0 aliphatic heterocycles. The van der Waals surface area contributed by atoms with E-state index >= 15 is 0 Å². The summed E-state index contributed by atoms with van der Waals surface area (Å²) in [4.78, 5) is 22.3. The van der Waals surface area contributed by atoms with Crippen LogP contribution in [0.25, 0.3) is 0 Å². The number of carbonyl (C=O) groups excluding carboxylic acids is 1. The molecule has 2 amide bonds. The van der Waals surface area contributed by atoms with Gasteiger partial charge in [0.05, 0.1) is 5.56 Å². The summed E-state index contributed by atoms with van der Waals surface area (Å²) in [5.41, 5.74) is 2.39. The van der Waals surface area contributed by atoms with E-state index in [9.17, 15) is 9.59 Å². The summed E-state index contributed by atoms with van der Waals surface area (Å²) in [6, 6.07) is 5.94. The van der Waals surface area contributed by atoms with E-state index in [0.29, 0.717) is 10.7 Å². The molecule has 2 aromatic rings. The van der Waals surface area contributed by atoms with E-state index in [2.05, 4.69) is 20.8 Å². The largest absolute Gasteiger partial charge is 0.478 e. The van der Waals surface area contributed by atoms with Crippen LogP contribution in [0.2, 0.25) is 0 Å². The number of rotatable bonds is 4. The Labute approximate surface area is 112 Å². The number of aromatic nitrogens is 2. The van der Waals surface area contributed by atoms with Gasteiger partial charge in [0.2, 0.25) is 5.13 Å². The van der Waals surface area contributed by atoms with Crippen molar-refractivity contribution in [2.75, 3.05) is 5.32 Å². The zero-order chi connectivity index (χ0) is 13.7. The Morgan fingerprint density at radius 1 is 1.37 bits per heavy atom. The first-order chi connectivity index (χ1) is 9.15. The molecule has 8 heteroatoms. The van der Waals surface area contributed by atoms with Gasteiger partial charge in [0.1, 0.15) is 5.51 Å². The quantitative estimate of drug-likeness (QED) is 0.787. The number of benzene rings is 1. The Hall–Kier alpha value is -2.48. The molecule has 0 atom stereocenters. The third kappa shape index (κ3) is 3.75. The minimum Gasteiger partial charge on any atom is -0.478 e. The van der Waals surface area contributed by atoms with Crippen molar-refractivity contribution in [3.05, 3.63) is 40.9 Å². The second kappa shape index (κ2) is 5.91. The summed E-state index contributed by atoms with van der Waals surface area (Å²) in [5, 5.41) is 21.6. The van der Waals surface area contributed by atoms with Crippen molar-refractivity contribution in [1.82, 2.24) is 15.5 Å². The Balaban J connectivity index is 1.89. The van der Waals surface area contributed by atoms with Crippen LogP contribution in [-0.2, 0) is 6.54 Å². The lowest BCUT2D eigenvalue weighted by Gasteiger charge is -2.05. The molecule has 0 fully saturated rings. The topological polar surface area (TPSA) is 104 Å². The molecule has 1 heterocycles. The van der Waals surface area contributed by atoms with Crippen LogP contribution in [0, 0.1) is 0 Å². The van der Waals surface area contributed by atoms with Gasteiger partial charge in [0.15, 0.2) is 0 Å². The maximum atomic E-state index is 11.5. The third-order valence-electron chi connectivity index (χ3n) is 2.21. The average molecular weight is 278 g/mol. The number of nitrogens with one attached hydrogen (secondary N) is 2. The highest BCUT2D eigenvalue weighted by molar-refractivity contribution is 7.13. The summed E-state index contributed by atoms with van der Waals surface area (Å²) >= 11 is 1.21. The summed E-state index contributed by atoms with van der Waals surface area (Å²) in [6.45, 7) is 0.228. The number of urea groups is 1. The molecule has 3 N–H and O–H groups in total. The molecule has 1 aromatic carbocycles. The van der Waals surface area contributed by atoms with Crippen molar-refractivity contribution in [2.24, 2.45) is 0 Å². The molecule has 0 saturated carbocycles. The van der Waals surface area contributed by atoms with Gasteiger partial charge in [-0.1, -0.05) is 23.5 Å². The van der Waals surface area contributed by atoms with Crippen molar-refractivity contribution in [3.8, 4) is 0 Å². The van der Waals surface area contributed by atoms with Crippen molar-refractivity contribution in [2.45, 2.75) is 6.54 Å². The van der Waals surface area contributed by atoms with Crippen molar-refractivity contribution >= 4 is 28.5 Å². The van der Waals surface area contributed by atoms with E-state index in [0.717, 1.165) is 0 Å². The van der Waals surface area contributed by atoms with Crippen LogP contribution < -0.4 is 10.6 Å². The number of carboxylic acid groups (broad SMARTS) is 1. The number of hydrogen-bond acceptors (Lipinski definition) is 5. The average Bonchev–Trinajstić information content (AvgIpc) is 2.89. The fourth-order valence-corrected chi connectivity index (χ4v) is 1.81. The van der Waals surface area contributed by atoms with Crippen LogP contribution in [0.1, 0.15) is 15.9 Å². The Morgan fingerprint density at radius 3 is 2.89 bits per heavy atom. The summed E-state index contributed by atoms with van der Waals surface area (Å²) in [5.74, 6) is -1.000. The van der Waals surface area contributed by atoms with E-state index < -0.39 is 12.0 Å². The molecule has 98 valence electrons. The molecule has 7 nitrogen and oxygen atoms in total. The monoisotopic (exact) mass is 278 g/mol. The first kappa shape index (κ1) is 13.0. The maximum absolute atomic E-state index is 11.5. The zero-order valence-corrected chi connectivity index (χ0v) is 10.5. The van der Waals surface area contributed by atoms with Crippen LogP contribution in [0.15, 0.2) is 29.8 Å². The van der Waals surface area contributed by atoms with Gasteiger partial charge in [-0.25, -0.2) is 9.59 Å².